The minimum atomic E-state index is 0.0614. The third kappa shape index (κ3) is 3.48. The average molecular weight is 256 g/mol. The summed E-state index contributed by atoms with van der Waals surface area (Å²) in [6.45, 7) is 0.438. The highest BCUT2D eigenvalue weighted by molar-refractivity contribution is 5.95. The van der Waals surface area contributed by atoms with Crippen LogP contribution in [0.4, 0.5) is 0 Å². The summed E-state index contributed by atoms with van der Waals surface area (Å²) < 4.78 is 10.7. The number of ether oxygens (including phenoxy) is 2. The summed E-state index contributed by atoms with van der Waals surface area (Å²) >= 11 is 0. The molecule has 0 saturated heterocycles. The first-order valence-electron chi connectivity index (χ1n) is 5.89. The predicted octanol–water partition coefficient (Wildman–Crippen LogP) is 2.56. The fraction of sp³-hybridized carbons (Fsp3) is 0.133. The molecule has 0 atom stereocenters. The maximum absolute atomic E-state index is 7.40. The van der Waals surface area contributed by atoms with Gasteiger partial charge in [-0.15, -0.1) is 0 Å². The maximum Gasteiger partial charge on any atom is 0.122 e. The minimum absolute atomic E-state index is 0.0614. The molecule has 4 heteroatoms. The standard InChI is InChI=1S/C15H16N2O2/c1-18-13-5-7-14(8-6-13)19-10-11-3-2-4-12(9-11)15(16)17/h2-9H,10H2,1H3,(H3,16,17). The third-order valence-electron chi connectivity index (χ3n) is 2.70. The largest absolute Gasteiger partial charge is 0.497 e. The molecule has 0 aliphatic rings. The number of hydrogen-bond acceptors (Lipinski definition) is 3. The van der Waals surface area contributed by atoms with Gasteiger partial charge in [0.05, 0.1) is 7.11 Å². The zero-order valence-corrected chi connectivity index (χ0v) is 10.7. The van der Waals surface area contributed by atoms with Gasteiger partial charge >= 0.3 is 0 Å². The number of methoxy groups -OCH3 is 1. The van der Waals surface area contributed by atoms with E-state index >= 15 is 0 Å². The number of rotatable bonds is 5. The van der Waals surface area contributed by atoms with Gasteiger partial charge in [-0.3, -0.25) is 5.41 Å². The topological polar surface area (TPSA) is 68.3 Å². The molecule has 0 heterocycles. The van der Waals surface area contributed by atoms with Crippen LogP contribution in [-0.4, -0.2) is 12.9 Å². The van der Waals surface area contributed by atoms with Crippen LogP contribution in [-0.2, 0) is 6.61 Å². The van der Waals surface area contributed by atoms with Gasteiger partial charge in [0.25, 0.3) is 0 Å². The minimum Gasteiger partial charge on any atom is -0.497 e. The van der Waals surface area contributed by atoms with E-state index in [0.717, 1.165) is 17.1 Å². The molecule has 98 valence electrons. The summed E-state index contributed by atoms with van der Waals surface area (Å²) in [6, 6.07) is 14.9. The second-order valence-corrected chi connectivity index (χ2v) is 4.08. The van der Waals surface area contributed by atoms with Crippen molar-refractivity contribution in [2.24, 2.45) is 5.73 Å². The number of amidine groups is 1. The van der Waals surface area contributed by atoms with Crippen LogP contribution in [0.1, 0.15) is 11.1 Å². The first-order chi connectivity index (χ1) is 9.19. The van der Waals surface area contributed by atoms with Crippen LogP contribution in [0.2, 0.25) is 0 Å². The lowest BCUT2D eigenvalue weighted by Crippen LogP contribution is -2.11. The van der Waals surface area contributed by atoms with Crippen molar-refractivity contribution < 1.29 is 9.47 Å². The smallest absolute Gasteiger partial charge is 0.122 e. The molecule has 0 bridgehead atoms. The third-order valence-corrected chi connectivity index (χ3v) is 2.70. The van der Waals surface area contributed by atoms with Gasteiger partial charge in [0, 0.05) is 5.56 Å². The molecule has 2 aromatic rings. The summed E-state index contributed by atoms with van der Waals surface area (Å²) in [5.74, 6) is 1.63. The molecule has 0 spiro atoms. The Hall–Kier alpha value is -2.49. The van der Waals surface area contributed by atoms with Gasteiger partial charge in [0.2, 0.25) is 0 Å². The van der Waals surface area contributed by atoms with Crippen molar-refractivity contribution in [3.05, 3.63) is 59.7 Å². The lowest BCUT2D eigenvalue weighted by molar-refractivity contribution is 0.305. The molecule has 2 aromatic carbocycles. The van der Waals surface area contributed by atoms with Crippen molar-refractivity contribution in [2.45, 2.75) is 6.61 Å². The van der Waals surface area contributed by atoms with E-state index in [0.29, 0.717) is 12.2 Å². The van der Waals surface area contributed by atoms with Crippen LogP contribution >= 0.6 is 0 Å². The molecule has 0 aliphatic heterocycles. The van der Waals surface area contributed by atoms with Gasteiger partial charge in [-0.05, 0) is 35.9 Å². The van der Waals surface area contributed by atoms with Crippen molar-refractivity contribution in [1.29, 1.82) is 5.41 Å². The Bertz CT molecular complexity index is 565. The van der Waals surface area contributed by atoms with Gasteiger partial charge in [-0.1, -0.05) is 18.2 Å². The quantitative estimate of drug-likeness (QED) is 0.638. The zero-order valence-electron chi connectivity index (χ0n) is 10.7. The van der Waals surface area contributed by atoms with Crippen molar-refractivity contribution in [2.75, 3.05) is 7.11 Å². The summed E-state index contributed by atoms with van der Waals surface area (Å²) in [5.41, 5.74) is 7.13. The molecule has 0 aromatic heterocycles. The van der Waals surface area contributed by atoms with Crippen LogP contribution in [0.3, 0.4) is 0 Å². The highest BCUT2D eigenvalue weighted by atomic mass is 16.5. The predicted molar refractivity (Wildman–Crippen MR) is 74.8 cm³/mol. The van der Waals surface area contributed by atoms with Crippen LogP contribution in [0.5, 0.6) is 11.5 Å². The maximum atomic E-state index is 7.40. The van der Waals surface area contributed by atoms with E-state index in [2.05, 4.69) is 0 Å². The average Bonchev–Trinajstić information content (AvgIpc) is 2.46. The van der Waals surface area contributed by atoms with Gasteiger partial charge in [-0.2, -0.15) is 0 Å². The second-order valence-electron chi connectivity index (χ2n) is 4.08. The Morgan fingerprint density at radius 1 is 1.11 bits per heavy atom. The molecule has 4 nitrogen and oxygen atoms in total. The van der Waals surface area contributed by atoms with E-state index in [1.807, 2.05) is 42.5 Å². The molecule has 0 fully saturated rings. The highest BCUT2D eigenvalue weighted by Crippen LogP contribution is 2.18. The van der Waals surface area contributed by atoms with E-state index in [1.165, 1.54) is 0 Å². The Morgan fingerprint density at radius 3 is 2.42 bits per heavy atom. The molecule has 2 rings (SSSR count). The van der Waals surface area contributed by atoms with Crippen LogP contribution in [0.25, 0.3) is 0 Å². The number of nitrogens with two attached hydrogens (primary N) is 1. The number of nitrogen functional groups attached to an aromatic ring is 1. The summed E-state index contributed by atoms with van der Waals surface area (Å²) in [6.07, 6.45) is 0. The summed E-state index contributed by atoms with van der Waals surface area (Å²) in [4.78, 5) is 0. The van der Waals surface area contributed by atoms with E-state index in [1.54, 1.807) is 13.2 Å². The van der Waals surface area contributed by atoms with E-state index in [4.69, 9.17) is 20.6 Å². The fourth-order valence-electron chi connectivity index (χ4n) is 1.67. The highest BCUT2D eigenvalue weighted by Gasteiger charge is 2.00. The Morgan fingerprint density at radius 2 is 1.79 bits per heavy atom. The van der Waals surface area contributed by atoms with E-state index in [-0.39, 0.29) is 5.84 Å². The molecular weight excluding hydrogens is 240 g/mol. The first kappa shape index (κ1) is 13.0. The summed E-state index contributed by atoms with van der Waals surface area (Å²) in [7, 11) is 1.63. The lowest BCUT2D eigenvalue weighted by atomic mass is 10.1. The molecule has 19 heavy (non-hydrogen) atoms. The number of nitrogens with one attached hydrogen (secondary N) is 1. The van der Waals surface area contributed by atoms with Crippen molar-refractivity contribution in [3.63, 3.8) is 0 Å². The van der Waals surface area contributed by atoms with E-state index < -0.39 is 0 Å². The van der Waals surface area contributed by atoms with Crippen molar-refractivity contribution in [1.82, 2.24) is 0 Å². The Balaban J connectivity index is 2.01. The zero-order chi connectivity index (χ0) is 13.7. The fourth-order valence-corrected chi connectivity index (χ4v) is 1.67. The first-order valence-corrected chi connectivity index (χ1v) is 5.89. The van der Waals surface area contributed by atoms with E-state index in [9.17, 15) is 0 Å². The monoisotopic (exact) mass is 256 g/mol. The van der Waals surface area contributed by atoms with Gasteiger partial charge < -0.3 is 15.2 Å². The second kappa shape index (κ2) is 5.91. The SMILES string of the molecule is COc1ccc(OCc2cccc(C(=N)N)c2)cc1. The molecule has 0 amide bonds. The molecule has 0 radical (unpaired) electrons. The summed E-state index contributed by atoms with van der Waals surface area (Å²) in [5, 5.41) is 7.40. The van der Waals surface area contributed by atoms with Crippen molar-refractivity contribution >= 4 is 5.84 Å². The number of benzene rings is 2. The van der Waals surface area contributed by atoms with Gasteiger partial charge in [0.1, 0.15) is 23.9 Å². The van der Waals surface area contributed by atoms with Crippen LogP contribution < -0.4 is 15.2 Å². The van der Waals surface area contributed by atoms with Crippen molar-refractivity contribution in [3.8, 4) is 11.5 Å². The molecule has 0 unspecified atom stereocenters. The molecule has 0 aliphatic carbocycles. The van der Waals surface area contributed by atoms with Gasteiger partial charge in [-0.25, -0.2) is 0 Å². The van der Waals surface area contributed by atoms with Gasteiger partial charge in [0.15, 0.2) is 0 Å². The van der Waals surface area contributed by atoms with Crippen LogP contribution in [0, 0.1) is 5.41 Å². The molecule has 0 saturated carbocycles. The lowest BCUT2D eigenvalue weighted by Gasteiger charge is -2.08. The Kier molecular flexibility index (Phi) is 4.03. The number of hydrogen-bond donors (Lipinski definition) is 2. The van der Waals surface area contributed by atoms with Crippen LogP contribution in [0.15, 0.2) is 48.5 Å². The normalized spacial score (nSPS) is 9.95. The molecule has 3 N–H and O–H groups in total. The molecular formula is C15H16N2O2. The Labute approximate surface area is 112 Å².